The fourth-order valence-electron chi connectivity index (χ4n) is 1.34. The lowest BCUT2D eigenvalue weighted by molar-refractivity contribution is 0.407. The Morgan fingerprint density at radius 3 is 2.86 bits per heavy atom. The Morgan fingerprint density at radius 1 is 1.57 bits per heavy atom. The van der Waals surface area contributed by atoms with Gasteiger partial charge in [0.25, 0.3) is 0 Å². The topological polar surface area (TPSA) is 34.5 Å². The molecule has 0 saturated heterocycles. The van der Waals surface area contributed by atoms with Crippen LogP contribution in [0.15, 0.2) is 11.2 Å². The summed E-state index contributed by atoms with van der Waals surface area (Å²) in [5, 5.41) is 2.32. The fraction of sp³-hybridized carbons (Fsp3) is 0.400. The third-order valence-electron chi connectivity index (χ3n) is 2.04. The van der Waals surface area contributed by atoms with E-state index in [-0.39, 0.29) is 0 Å². The second-order valence-electron chi connectivity index (χ2n) is 2.95. The minimum Gasteiger partial charge on any atom is -0.496 e. The van der Waals surface area contributed by atoms with Crippen LogP contribution in [0.4, 0.5) is 0 Å². The first-order chi connectivity index (χ1) is 6.70. The molecule has 0 bridgehead atoms. The largest absolute Gasteiger partial charge is 0.496 e. The van der Waals surface area contributed by atoms with Crippen LogP contribution in [0.1, 0.15) is 16.8 Å². The van der Waals surface area contributed by atoms with E-state index in [9.17, 15) is 0 Å². The quantitative estimate of drug-likeness (QED) is 0.564. The van der Waals surface area contributed by atoms with E-state index in [4.69, 9.17) is 4.74 Å². The minimum atomic E-state index is 0.464. The van der Waals surface area contributed by atoms with Gasteiger partial charge in [0.05, 0.1) is 24.5 Å². The molecule has 0 aromatic carbocycles. The number of nitrogens with zero attached hydrogens (tertiary/aromatic N) is 2. The standard InChI is InChI=1S/C10H12N2OS/c1-7-4-12-9(5-11-6-14)8(2)10(7)13-3/h4H,5H2,1-3H3. The van der Waals surface area contributed by atoms with Gasteiger partial charge < -0.3 is 4.74 Å². The van der Waals surface area contributed by atoms with E-state index < -0.39 is 0 Å². The van der Waals surface area contributed by atoms with Gasteiger partial charge in [0, 0.05) is 17.3 Å². The molecule has 0 N–H and O–H groups in total. The summed E-state index contributed by atoms with van der Waals surface area (Å²) in [6.45, 7) is 4.39. The van der Waals surface area contributed by atoms with E-state index in [1.807, 2.05) is 13.8 Å². The van der Waals surface area contributed by atoms with Crippen molar-refractivity contribution in [2.24, 2.45) is 4.99 Å². The molecule has 0 radical (unpaired) electrons. The number of aliphatic imine (C=N–C) groups is 1. The number of rotatable bonds is 3. The Hall–Kier alpha value is -1.25. The second-order valence-corrected chi connectivity index (χ2v) is 3.14. The summed E-state index contributed by atoms with van der Waals surface area (Å²) in [7, 11) is 1.65. The lowest BCUT2D eigenvalue weighted by Crippen LogP contribution is -1.98. The molecule has 0 aliphatic carbocycles. The average Bonchev–Trinajstić information content (AvgIpc) is 2.18. The summed E-state index contributed by atoms with van der Waals surface area (Å²) < 4.78 is 5.27. The summed E-state index contributed by atoms with van der Waals surface area (Å²) in [5.41, 5.74) is 2.92. The molecule has 0 aliphatic heterocycles. The molecule has 0 spiro atoms. The van der Waals surface area contributed by atoms with Gasteiger partial charge in [0.1, 0.15) is 5.75 Å². The van der Waals surface area contributed by atoms with E-state index in [2.05, 4.69) is 27.4 Å². The van der Waals surface area contributed by atoms with Gasteiger partial charge in [-0.25, -0.2) is 4.99 Å². The average molecular weight is 208 g/mol. The van der Waals surface area contributed by atoms with Crippen molar-refractivity contribution in [3.05, 3.63) is 23.0 Å². The predicted molar refractivity (Wildman–Crippen MR) is 59.0 cm³/mol. The number of methoxy groups -OCH3 is 1. The van der Waals surface area contributed by atoms with Crippen LogP contribution < -0.4 is 4.74 Å². The van der Waals surface area contributed by atoms with Crippen molar-refractivity contribution >= 4 is 17.4 Å². The SMILES string of the molecule is COc1c(C)cnc(CN=C=S)c1C. The zero-order valence-corrected chi connectivity index (χ0v) is 9.31. The van der Waals surface area contributed by atoms with E-state index >= 15 is 0 Å². The number of isothiocyanates is 1. The van der Waals surface area contributed by atoms with Crippen LogP contribution in [0, 0.1) is 13.8 Å². The van der Waals surface area contributed by atoms with Crippen LogP contribution >= 0.6 is 12.2 Å². The first-order valence-electron chi connectivity index (χ1n) is 4.23. The summed E-state index contributed by atoms with van der Waals surface area (Å²) in [4.78, 5) is 8.12. The highest BCUT2D eigenvalue weighted by Crippen LogP contribution is 2.24. The Labute approximate surface area is 88.8 Å². The van der Waals surface area contributed by atoms with Crippen molar-refractivity contribution in [2.45, 2.75) is 20.4 Å². The van der Waals surface area contributed by atoms with Gasteiger partial charge in [-0.1, -0.05) is 0 Å². The van der Waals surface area contributed by atoms with Gasteiger partial charge in [-0.05, 0) is 26.1 Å². The van der Waals surface area contributed by atoms with Crippen LogP contribution in [0.2, 0.25) is 0 Å². The monoisotopic (exact) mass is 208 g/mol. The summed E-state index contributed by atoms with van der Waals surface area (Å²) in [6, 6.07) is 0. The lowest BCUT2D eigenvalue weighted by atomic mass is 10.1. The Morgan fingerprint density at radius 2 is 2.29 bits per heavy atom. The molecule has 0 amide bonds. The molecule has 1 heterocycles. The Bertz CT molecular complexity index is 384. The molecule has 3 nitrogen and oxygen atoms in total. The molecule has 0 aliphatic rings. The van der Waals surface area contributed by atoms with Gasteiger partial charge >= 0.3 is 0 Å². The summed E-state index contributed by atoms with van der Waals surface area (Å²) >= 11 is 4.51. The van der Waals surface area contributed by atoms with Crippen molar-refractivity contribution in [1.82, 2.24) is 4.98 Å². The van der Waals surface area contributed by atoms with Crippen molar-refractivity contribution in [1.29, 1.82) is 0 Å². The molecule has 0 saturated carbocycles. The van der Waals surface area contributed by atoms with Gasteiger partial charge in [0.2, 0.25) is 0 Å². The number of thiocarbonyl (C=S) groups is 1. The van der Waals surface area contributed by atoms with Crippen LogP contribution in [-0.4, -0.2) is 17.3 Å². The molecule has 1 rings (SSSR count). The maximum atomic E-state index is 5.27. The molecule has 4 heteroatoms. The molecule has 0 unspecified atom stereocenters. The normalized spacial score (nSPS) is 9.36. The molecular formula is C10H12N2OS. The smallest absolute Gasteiger partial charge is 0.128 e. The first kappa shape index (κ1) is 10.8. The maximum absolute atomic E-state index is 5.27. The van der Waals surface area contributed by atoms with E-state index in [0.717, 1.165) is 22.6 Å². The van der Waals surface area contributed by atoms with Crippen LogP contribution in [0.3, 0.4) is 0 Å². The summed E-state index contributed by atoms with van der Waals surface area (Å²) in [5.74, 6) is 0.870. The molecule has 14 heavy (non-hydrogen) atoms. The number of hydrogen-bond acceptors (Lipinski definition) is 4. The van der Waals surface area contributed by atoms with Crippen molar-refractivity contribution in [2.75, 3.05) is 7.11 Å². The van der Waals surface area contributed by atoms with Crippen molar-refractivity contribution in [3.8, 4) is 5.75 Å². The molecule has 1 aromatic rings. The zero-order valence-electron chi connectivity index (χ0n) is 8.50. The second kappa shape index (κ2) is 4.84. The van der Waals surface area contributed by atoms with Gasteiger partial charge in [-0.15, -0.1) is 0 Å². The maximum Gasteiger partial charge on any atom is 0.128 e. The zero-order chi connectivity index (χ0) is 10.6. The third-order valence-corrected chi connectivity index (χ3v) is 2.17. The number of aromatic nitrogens is 1. The highest BCUT2D eigenvalue weighted by molar-refractivity contribution is 7.78. The highest BCUT2D eigenvalue weighted by atomic mass is 32.1. The number of aryl methyl sites for hydroxylation is 1. The van der Waals surface area contributed by atoms with Crippen LogP contribution in [0.25, 0.3) is 0 Å². The van der Waals surface area contributed by atoms with E-state index in [1.165, 1.54) is 0 Å². The molecule has 1 aromatic heterocycles. The lowest BCUT2D eigenvalue weighted by Gasteiger charge is -2.10. The van der Waals surface area contributed by atoms with Crippen molar-refractivity contribution < 1.29 is 4.74 Å². The van der Waals surface area contributed by atoms with Gasteiger partial charge in [-0.2, -0.15) is 0 Å². The predicted octanol–water partition coefficient (Wildman–Crippen LogP) is 2.31. The number of pyridine rings is 1. The molecule has 0 atom stereocenters. The van der Waals surface area contributed by atoms with Crippen LogP contribution in [0.5, 0.6) is 5.75 Å². The van der Waals surface area contributed by atoms with Gasteiger partial charge in [0.15, 0.2) is 0 Å². The molecule has 0 fully saturated rings. The Balaban J connectivity index is 3.13. The van der Waals surface area contributed by atoms with Crippen molar-refractivity contribution in [3.63, 3.8) is 0 Å². The third kappa shape index (κ3) is 2.16. The first-order valence-corrected chi connectivity index (χ1v) is 4.64. The van der Waals surface area contributed by atoms with E-state index in [0.29, 0.717) is 6.54 Å². The van der Waals surface area contributed by atoms with Gasteiger partial charge in [-0.3, -0.25) is 4.98 Å². The number of ether oxygens (including phenoxy) is 1. The fourth-order valence-corrected chi connectivity index (χ4v) is 1.40. The van der Waals surface area contributed by atoms with Crippen LogP contribution in [-0.2, 0) is 6.54 Å². The highest BCUT2D eigenvalue weighted by Gasteiger charge is 2.08. The molecule has 74 valence electrons. The summed E-state index contributed by atoms with van der Waals surface area (Å²) in [6.07, 6.45) is 1.78. The minimum absolute atomic E-state index is 0.464. The van der Waals surface area contributed by atoms with E-state index in [1.54, 1.807) is 13.3 Å². The molecular weight excluding hydrogens is 196 g/mol. The number of hydrogen-bond donors (Lipinski definition) is 0. The Kier molecular flexibility index (Phi) is 3.74.